The zero-order valence-electron chi connectivity index (χ0n) is 15.8. The van der Waals surface area contributed by atoms with Gasteiger partial charge >= 0.3 is 0 Å². The second-order valence-electron chi connectivity index (χ2n) is 7.04. The number of aromatic nitrogens is 1. The first-order valence-corrected chi connectivity index (χ1v) is 10.0. The minimum Gasteiger partial charge on any atom is -0.440 e. The number of oxazole rings is 1. The Morgan fingerprint density at radius 3 is 2.78 bits per heavy atom. The topological polar surface area (TPSA) is 49.6 Å². The molecular formula is C21H23N3O2S. The lowest BCUT2D eigenvalue weighted by molar-refractivity contribution is -0.122. The molecule has 1 amide bonds. The summed E-state index contributed by atoms with van der Waals surface area (Å²) < 4.78 is 5.85. The van der Waals surface area contributed by atoms with Crippen LogP contribution < -0.4 is 4.90 Å². The standard InChI is InChI=1S/C21H23N3O2S/c1-14-7-4-5-8-18(14)24-11-15(2)23(13-20(24)25)12-17-16(3)26-21(22-17)19-9-6-10-27-19/h4-10,15H,11-13H2,1-3H3/t15-/m0/s1. The molecule has 27 heavy (non-hydrogen) atoms. The average molecular weight is 382 g/mol. The van der Waals surface area contributed by atoms with Gasteiger partial charge in [0, 0.05) is 24.8 Å². The largest absolute Gasteiger partial charge is 0.440 e. The number of benzene rings is 1. The molecule has 4 rings (SSSR count). The number of anilines is 1. The highest BCUT2D eigenvalue weighted by Crippen LogP contribution is 2.28. The van der Waals surface area contributed by atoms with E-state index in [9.17, 15) is 4.79 Å². The van der Waals surface area contributed by atoms with E-state index < -0.39 is 0 Å². The van der Waals surface area contributed by atoms with Crippen LogP contribution in [0.4, 0.5) is 5.69 Å². The molecule has 0 bridgehead atoms. The molecule has 0 unspecified atom stereocenters. The van der Waals surface area contributed by atoms with Crippen LogP contribution in [-0.2, 0) is 11.3 Å². The molecule has 0 saturated carbocycles. The Morgan fingerprint density at radius 1 is 1.22 bits per heavy atom. The molecular weight excluding hydrogens is 358 g/mol. The molecule has 0 radical (unpaired) electrons. The van der Waals surface area contributed by atoms with E-state index in [4.69, 9.17) is 4.42 Å². The fraction of sp³-hybridized carbons (Fsp3) is 0.333. The van der Waals surface area contributed by atoms with Crippen molar-refractivity contribution in [3.8, 4) is 10.8 Å². The van der Waals surface area contributed by atoms with Crippen LogP contribution in [0.5, 0.6) is 0 Å². The molecule has 2 aromatic heterocycles. The van der Waals surface area contributed by atoms with Gasteiger partial charge in [-0.25, -0.2) is 4.98 Å². The number of amides is 1. The van der Waals surface area contributed by atoms with Gasteiger partial charge in [0.15, 0.2) is 0 Å². The number of hydrogen-bond acceptors (Lipinski definition) is 5. The minimum absolute atomic E-state index is 0.127. The first kappa shape index (κ1) is 17.9. The van der Waals surface area contributed by atoms with Crippen molar-refractivity contribution in [2.45, 2.75) is 33.4 Å². The number of carbonyl (C=O) groups excluding carboxylic acids is 1. The number of aryl methyl sites for hydroxylation is 2. The summed E-state index contributed by atoms with van der Waals surface area (Å²) in [5, 5.41) is 2.01. The summed E-state index contributed by atoms with van der Waals surface area (Å²) in [5.41, 5.74) is 3.04. The smallest absolute Gasteiger partial charge is 0.241 e. The molecule has 5 nitrogen and oxygen atoms in total. The molecule has 0 aliphatic carbocycles. The number of rotatable bonds is 4. The lowest BCUT2D eigenvalue weighted by Crippen LogP contribution is -2.55. The van der Waals surface area contributed by atoms with Gasteiger partial charge in [-0.2, -0.15) is 0 Å². The monoisotopic (exact) mass is 381 g/mol. The lowest BCUT2D eigenvalue weighted by atomic mass is 10.1. The van der Waals surface area contributed by atoms with Crippen LogP contribution in [0.25, 0.3) is 10.8 Å². The predicted molar refractivity (Wildman–Crippen MR) is 108 cm³/mol. The predicted octanol–water partition coefficient (Wildman–Crippen LogP) is 4.26. The van der Waals surface area contributed by atoms with E-state index in [0.29, 0.717) is 25.5 Å². The van der Waals surface area contributed by atoms with Crippen molar-refractivity contribution in [1.82, 2.24) is 9.88 Å². The van der Waals surface area contributed by atoms with Gasteiger partial charge in [0.05, 0.1) is 17.1 Å². The van der Waals surface area contributed by atoms with Gasteiger partial charge in [-0.3, -0.25) is 9.69 Å². The van der Waals surface area contributed by atoms with Gasteiger partial charge < -0.3 is 9.32 Å². The molecule has 1 aliphatic rings. The third-order valence-electron chi connectivity index (χ3n) is 5.09. The van der Waals surface area contributed by atoms with Crippen molar-refractivity contribution < 1.29 is 9.21 Å². The van der Waals surface area contributed by atoms with Crippen molar-refractivity contribution in [1.29, 1.82) is 0 Å². The Kier molecular flexibility index (Phi) is 4.85. The van der Waals surface area contributed by atoms with Crippen molar-refractivity contribution in [2.24, 2.45) is 0 Å². The summed E-state index contributed by atoms with van der Waals surface area (Å²) >= 11 is 1.61. The summed E-state index contributed by atoms with van der Waals surface area (Å²) in [6.07, 6.45) is 0. The number of para-hydroxylation sites is 1. The molecule has 6 heteroatoms. The third kappa shape index (κ3) is 3.55. The van der Waals surface area contributed by atoms with E-state index in [1.807, 2.05) is 60.5 Å². The van der Waals surface area contributed by atoms with Gasteiger partial charge in [0.1, 0.15) is 5.76 Å². The average Bonchev–Trinajstić information content (AvgIpc) is 3.29. The first-order valence-electron chi connectivity index (χ1n) is 9.13. The molecule has 0 N–H and O–H groups in total. The summed E-state index contributed by atoms with van der Waals surface area (Å²) in [6.45, 7) is 7.83. The second kappa shape index (κ2) is 7.29. The maximum atomic E-state index is 12.8. The van der Waals surface area contributed by atoms with Crippen LogP contribution in [0.15, 0.2) is 46.2 Å². The SMILES string of the molecule is Cc1ccccc1N1C[C@H](C)N(Cc2nc(-c3cccs3)oc2C)CC1=O. The Bertz CT molecular complexity index is 948. The Hall–Kier alpha value is -2.44. The maximum Gasteiger partial charge on any atom is 0.241 e. The lowest BCUT2D eigenvalue weighted by Gasteiger charge is -2.39. The minimum atomic E-state index is 0.127. The fourth-order valence-electron chi connectivity index (χ4n) is 3.48. The van der Waals surface area contributed by atoms with Crippen molar-refractivity contribution in [2.75, 3.05) is 18.0 Å². The van der Waals surface area contributed by atoms with E-state index >= 15 is 0 Å². The third-order valence-corrected chi connectivity index (χ3v) is 5.95. The second-order valence-corrected chi connectivity index (χ2v) is 7.99. The molecule has 1 aliphatic heterocycles. The maximum absolute atomic E-state index is 12.8. The van der Waals surface area contributed by atoms with E-state index in [2.05, 4.69) is 16.8 Å². The molecule has 1 saturated heterocycles. The summed E-state index contributed by atoms with van der Waals surface area (Å²) in [6, 6.07) is 12.3. The zero-order valence-corrected chi connectivity index (χ0v) is 16.6. The van der Waals surface area contributed by atoms with Crippen LogP contribution in [0.3, 0.4) is 0 Å². The summed E-state index contributed by atoms with van der Waals surface area (Å²) in [7, 11) is 0. The Morgan fingerprint density at radius 2 is 2.04 bits per heavy atom. The summed E-state index contributed by atoms with van der Waals surface area (Å²) in [5.74, 6) is 1.61. The molecule has 0 spiro atoms. The van der Waals surface area contributed by atoms with Gasteiger partial charge in [-0.05, 0) is 43.8 Å². The van der Waals surface area contributed by atoms with E-state index in [1.54, 1.807) is 11.3 Å². The van der Waals surface area contributed by atoms with E-state index in [1.165, 1.54) is 0 Å². The van der Waals surface area contributed by atoms with Gasteiger partial charge in [-0.15, -0.1) is 11.3 Å². The molecule has 140 valence electrons. The van der Waals surface area contributed by atoms with Crippen molar-refractivity contribution >= 4 is 22.9 Å². The molecule has 3 heterocycles. The molecule has 1 fully saturated rings. The number of hydrogen-bond donors (Lipinski definition) is 0. The summed E-state index contributed by atoms with van der Waals surface area (Å²) in [4.78, 5) is 22.6. The molecule has 1 atom stereocenters. The highest BCUT2D eigenvalue weighted by Gasteiger charge is 2.31. The van der Waals surface area contributed by atoms with Gasteiger partial charge in [-0.1, -0.05) is 24.3 Å². The van der Waals surface area contributed by atoms with Crippen molar-refractivity contribution in [3.05, 3.63) is 58.8 Å². The van der Waals surface area contributed by atoms with Gasteiger partial charge in [0.25, 0.3) is 0 Å². The number of nitrogens with zero attached hydrogens (tertiary/aromatic N) is 3. The fourth-order valence-corrected chi connectivity index (χ4v) is 4.13. The highest BCUT2D eigenvalue weighted by atomic mass is 32.1. The number of thiophene rings is 1. The molecule has 1 aromatic carbocycles. The van der Waals surface area contributed by atoms with Crippen LogP contribution in [0, 0.1) is 13.8 Å². The van der Waals surface area contributed by atoms with E-state index in [0.717, 1.165) is 27.6 Å². The van der Waals surface area contributed by atoms with Gasteiger partial charge in [0.2, 0.25) is 11.8 Å². The Labute approximate surface area is 163 Å². The van der Waals surface area contributed by atoms with Crippen LogP contribution in [0.1, 0.15) is 23.9 Å². The van der Waals surface area contributed by atoms with Crippen molar-refractivity contribution in [3.63, 3.8) is 0 Å². The van der Waals surface area contributed by atoms with Crippen LogP contribution in [-0.4, -0.2) is 34.9 Å². The first-order chi connectivity index (χ1) is 13.0. The van der Waals surface area contributed by atoms with Crippen LogP contribution >= 0.6 is 11.3 Å². The molecule has 3 aromatic rings. The highest BCUT2D eigenvalue weighted by molar-refractivity contribution is 7.13. The van der Waals surface area contributed by atoms with E-state index in [-0.39, 0.29) is 11.9 Å². The number of carbonyl (C=O) groups is 1. The quantitative estimate of drug-likeness (QED) is 0.678. The normalized spacial score (nSPS) is 18.3. The Balaban J connectivity index is 1.50. The number of piperazine rings is 1. The zero-order chi connectivity index (χ0) is 19.0. The van der Waals surface area contributed by atoms with Crippen LogP contribution in [0.2, 0.25) is 0 Å².